The molecular formula is C12H15N3O4. The number of anilines is 1. The average molecular weight is 265 g/mol. The Bertz CT molecular complexity index is 522. The van der Waals surface area contributed by atoms with E-state index in [1.165, 1.54) is 31.5 Å². The minimum atomic E-state index is -0.543. The van der Waals surface area contributed by atoms with E-state index in [-0.39, 0.29) is 11.4 Å². The van der Waals surface area contributed by atoms with Crippen LogP contribution in [0.15, 0.2) is 30.0 Å². The Hall–Kier alpha value is -2.57. The van der Waals surface area contributed by atoms with Gasteiger partial charge in [0, 0.05) is 18.3 Å². The van der Waals surface area contributed by atoms with Gasteiger partial charge in [-0.1, -0.05) is 5.57 Å². The lowest BCUT2D eigenvalue weighted by atomic mass is 10.2. The van der Waals surface area contributed by atoms with Crippen LogP contribution in [0.5, 0.6) is 5.75 Å². The van der Waals surface area contributed by atoms with Gasteiger partial charge in [0.25, 0.3) is 5.69 Å². The molecule has 7 heteroatoms. The van der Waals surface area contributed by atoms with Crippen molar-refractivity contribution in [3.8, 4) is 5.75 Å². The summed E-state index contributed by atoms with van der Waals surface area (Å²) in [4.78, 5) is 21.7. The summed E-state index contributed by atoms with van der Waals surface area (Å²) in [5, 5.41) is 15.7. The molecule has 1 rings (SSSR count). The van der Waals surface area contributed by atoms with Gasteiger partial charge in [-0.3, -0.25) is 10.1 Å². The van der Waals surface area contributed by atoms with Crippen molar-refractivity contribution < 1.29 is 14.5 Å². The number of benzene rings is 1. The van der Waals surface area contributed by atoms with Crippen molar-refractivity contribution in [2.24, 2.45) is 0 Å². The number of hydrogen-bond donors (Lipinski definition) is 2. The lowest BCUT2D eigenvalue weighted by molar-refractivity contribution is -0.384. The van der Waals surface area contributed by atoms with Gasteiger partial charge in [-0.05, 0) is 19.9 Å². The Morgan fingerprint density at radius 1 is 1.42 bits per heavy atom. The van der Waals surface area contributed by atoms with Crippen LogP contribution in [-0.4, -0.2) is 18.1 Å². The highest BCUT2D eigenvalue weighted by Crippen LogP contribution is 2.28. The zero-order valence-electron chi connectivity index (χ0n) is 10.9. The molecule has 0 aromatic heterocycles. The molecule has 0 aliphatic rings. The Labute approximate surface area is 110 Å². The number of rotatable bonds is 4. The highest BCUT2D eigenvalue weighted by Gasteiger charge is 2.13. The maximum Gasteiger partial charge on any atom is 0.323 e. The van der Waals surface area contributed by atoms with Gasteiger partial charge in [0.05, 0.1) is 17.7 Å². The quantitative estimate of drug-likeness (QED) is 0.646. The molecule has 102 valence electrons. The number of nitro groups is 1. The summed E-state index contributed by atoms with van der Waals surface area (Å²) < 4.78 is 5.03. The van der Waals surface area contributed by atoms with Crippen LogP contribution in [0.1, 0.15) is 13.8 Å². The number of carbonyl (C=O) groups excluding carboxylic acids is 1. The van der Waals surface area contributed by atoms with E-state index in [9.17, 15) is 14.9 Å². The fraction of sp³-hybridized carbons (Fsp3) is 0.250. The maximum absolute atomic E-state index is 11.6. The van der Waals surface area contributed by atoms with Crippen LogP contribution in [-0.2, 0) is 0 Å². The van der Waals surface area contributed by atoms with Crippen molar-refractivity contribution >= 4 is 17.4 Å². The number of carbonyl (C=O) groups is 1. The second kappa shape index (κ2) is 6.39. The molecule has 19 heavy (non-hydrogen) atoms. The SMILES string of the molecule is COc1ccc([N+](=O)[O-])cc1NC(=O)NC=C(C)C. The zero-order chi connectivity index (χ0) is 14.4. The third kappa shape index (κ3) is 4.30. The predicted octanol–water partition coefficient (Wildman–Crippen LogP) is 2.65. The summed E-state index contributed by atoms with van der Waals surface area (Å²) in [6, 6.07) is 3.47. The average Bonchev–Trinajstić information content (AvgIpc) is 2.36. The van der Waals surface area contributed by atoms with Crippen LogP contribution in [0.3, 0.4) is 0 Å². The molecule has 0 unspecified atom stereocenters. The fourth-order valence-electron chi connectivity index (χ4n) is 1.28. The number of methoxy groups -OCH3 is 1. The molecule has 1 aromatic rings. The molecule has 0 fully saturated rings. The molecule has 0 radical (unpaired) electrons. The normalized spacial score (nSPS) is 9.42. The number of allylic oxidation sites excluding steroid dienone is 1. The number of urea groups is 1. The summed E-state index contributed by atoms with van der Waals surface area (Å²) >= 11 is 0. The minimum absolute atomic E-state index is 0.127. The highest BCUT2D eigenvalue weighted by atomic mass is 16.6. The van der Waals surface area contributed by atoms with E-state index >= 15 is 0 Å². The van der Waals surface area contributed by atoms with E-state index in [4.69, 9.17) is 4.74 Å². The first-order chi connectivity index (χ1) is 8.93. The van der Waals surface area contributed by atoms with Crippen LogP contribution in [0, 0.1) is 10.1 Å². The van der Waals surface area contributed by atoms with E-state index in [1.54, 1.807) is 0 Å². The Morgan fingerprint density at radius 2 is 2.11 bits per heavy atom. The van der Waals surface area contributed by atoms with Crippen molar-refractivity contribution in [3.05, 3.63) is 40.1 Å². The Balaban J connectivity index is 2.91. The van der Waals surface area contributed by atoms with Crippen molar-refractivity contribution in [2.75, 3.05) is 12.4 Å². The summed E-state index contributed by atoms with van der Waals surface area (Å²) in [7, 11) is 1.42. The topological polar surface area (TPSA) is 93.5 Å². The summed E-state index contributed by atoms with van der Waals surface area (Å²) in [5.41, 5.74) is 1.02. The fourth-order valence-corrected chi connectivity index (χ4v) is 1.28. The van der Waals surface area contributed by atoms with Gasteiger partial charge < -0.3 is 15.4 Å². The second-order valence-electron chi connectivity index (χ2n) is 3.96. The van der Waals surface area contributed by atoms with Crippen LogP contribution >= 0.6 is 0 Å². The molecule has 0 spiro atoms. The molecule has 0 saturated heterocycles. The van der Waals surface area contributed by atoms with E-state index in [0.717, 1.165) is 5.57 Å². The molecular weight excluding hydrogens is 250 g/mol. The highest BCUT2D eigenvalue weighted by molar-refractivity contribution is 5.92. The van der Waals surface area contributed by atoms with Gasteiger partial charge in [0.15, 0.2) is 0 Å². The molecule has 0 aliphatic heterocycles. The number of nitro benzene ring substituents is 1. The van der Waals surface area contributed by atoms with Crippen LogP contribution in [0.4, 0.5) is 16.2 Å². The van der Waals surface area contributed by atoms with E-state index in [2.05, 4.69) is 10.6 Å². The number of ether oxygens (including phenoxy) is 1. The first-order valence-corrected chi connectivity index (χ1v) is 5.47. The lowest BCUT2D eigenvalue weighted by Crippen LogP contribution is -2.24. The maximum atomic E-state index is 11.6. The monoisotopic (exact) mass is 265 g/mol. The molecule has 7 nitrogen and oxygen atoms in total. The van der Waals surface area contributed by atoms with Crippen molar-refractivity contribution in [2.45, 2.75) is 13.8 Å². The Morgan fingerprint density at radius 3 is 2.63 bits per heavy atom. The van der Waals surface area contributed by atoms with Gasteiger partial charge in [-0.25, -0.2) is 4.79 Å². The van der Waals surface area contributed by atoms with Crippen LogP contribution in [0.2, 0.25) is 0 Å². The number of nitrogens with zero attached hydrogens (tertiary/aromatic N) is 1. The molecule has 0 saturated carbocycles. The summed E-state index contributed by atoms with van der Waals surface area (Å²) in [6.45, 7) is 3.66. The van der Waals surface area contributed by atoms with Crippen molar-refractivity contribution in [3.63, 3.8) is 0 Å². The third-order valence-electron chi connectivity index (χ3n) is 2.13. The van der Waals surface area contributed by atoms with Gasteiger partial charge in [0.2, 0.25) is 0 Å². The molecule has 2 N–H and O–H groups in total. The first kappa shape index (κ1) is 14.5. The van der Waals surface area contributed by atoms with Crippen molar-refractivity contribution in [1.29, 1.82) is 0 Å². The number of nitrogens with one attached hydrogen (secondary N) is 2. The standard InChI is InChI=1S/C12H15N3O4/c1-8(2)7-13-12(16)14-10-6-9(15(17)18)4-5-11(10)19-3/h4-7H,1-3H3,(H2,13,14,16). The second-order valence-corrected chi connectivity index (χ2v) is 3.96. The van der Waals surface area contributed by atoms with Gasteiger partial charge >= 0.3 is 6.03 Å². The summed E-state index contributed by atoms with van der Waals surface area (Å²) in [5.74, 6) is 0.345. The molecule has 0 aliphatic carbocycles. The summed E-state index contributed by atoms with van der Waals surface area (Å²) in [6.07, 6.45) is 1.53. The Kier molecular flexibility index (Phi) is 4.87. The van der Waals surface area contributed by atoms with Gasteiger partial charge in [0.1, 0.15) is 5.75 Å². The van der Waals surface area contributed by atoms with Gasteiger partial charge in [-0.2, -0.15) is 0 Å². The first-order valence-electron chi connectivity index (χ1n) is 5.47. The molecule has 2 amide bonds. The third-order valence-corrected chi connectivity index (χ3v) is 2.13. The van der Waals surface area contributed by atoms with Crippen LogP contribution < -0.4 is 15.4 Å². The molecule has 1 aromatic carbocycles. The lowest BCUT2D eigenvalue weighted by Gasteiger charge is -2.09. The van der Waals surface area contributed by atoms with Crippen LogP contribution in [0.25, 0.3) is 0 Å². The van der Waals surface area contributed by atoms with Crippen molar-refractivity contribution in [1.82, 2.24) is 5.32 Å². The number of hydrogen-bond acceptors (Lipinski definition) is 4. The van der Waals surface area contributed by atoms with Gasteiger partial charge in [-0.15, -0.1) is 0 Å². The number of non-ortho nitro benzene ring substituents is 1. The zero-order valence-corrected chi connectivity index (χ0v) is 10.9. The van der Waals surface area contributed by atoms with E-state index in [0.29, 0.717) is 5.75 Å². The number of amides is 2. The van der Waals surface area contributed by atoms with E-state index in [1.807, 2.05) is 13.8 Å². The largest absolute Gasteiger partial charge is 0.495 e. The molecule has 0 atom stereocenters. The molecule has 0 bridgehead atoms. The smallest absolute Gasteiger partial charge is 0.323 e. The predicted molar refractivity (Wildman–Crippen MR) is 71.2 cm³/mol. The minimum Gasteiger partial charge on any atom is -0.495 e. The van der Waals surface area contributed by atoms with E-state index < -0.39 is 11.0 Å². The molecule has 0 heterocycles.